The standard InChI is InChI=1S/C15H11Cl2F3N2O2/c1-8-21-14(17)12(4-5-13(23)24)22(8)7-9-2-3-10(6-11(9)16)15(18,19)20/h2-6H,7H2,1H3,(H,23,24). The molecule has 24 heavy (non-hydrogen) atoms. The first-order chi connectivity index (χ1) is 11.1. The fourth-order valence-electron chi connectivity index (χ4n) is 2.08. The van der Waals surface area contributed by atoms with E-state index in [-0.39, 0.29) is 16.7 Å². The van der Waals surface area contributed by atoms with Crippen LogP contribution in [0.5, 0.6) is 0 Å². The number of benzene rings is 1. The van der Waals surface area contributed by atoms with Gasteiger partial charge in [0.2, 0.25) is 0 Å². The van der Waals surface area contributed by atoms with E-state index in [4.69, 9.17) is 28.3 Å². The second kappa shape index (κ2) is 6.86. The van der Waals surface area contributed by atoms with Crippen molar-refractivity contribution in [1.82, 2.24) is 9.55 Å². The van der Waals surface area contributed by atoms with Crippen LogP contribution in [0.15, 0.2) is 24.3 Å². The lowest BCUT2D eigenvalue weighted by Crippen LogP contribution is -2.08. The maximum absolute atomic E-state index is 12.7. The summed E-state index contributed by atoms with van der Waals surface area (Å²) in [7, 11) is 0. The maximum Gasteiger partial charge on any atom is 0.416 e. The Bertz CT molecular complexity index is 814. The predicted molar refractivity (Wildman–Crippen MR) is 84.2 cm³/mol. The largest absolute Gasteiger partial charge is 0.478 e. The Kier molecular flexibility index (Phi) is 5.25. The fourth-order valence-corrected chi connectivity index (χ4v) is 2.60. The van der Waals surface area contributed by atoms with Crippen molar-refractivity contribution in [2.45, 2.75) is 19.6 Å². The quantitative estimate of drug-likeness (QED) is 0.786. The van der Waals surface area contributed by atoms with Crippen LogP contribution in [-0.2, 0) is 17.5 Å². The molecule has 0 unspecified atom stereocenters. The van der Waals surface area contributed by atoms with Gasteiger partial charge in [-0.05, 0) is 30.7 Å². The first kappa shape index (κ1) is 18.4. The summed E-state index contributed by atoms with van der Waals surface area (Å²) in [5, 5.41) is 8.75. The lowest BCUT2D eigenvalue weighted by Gasteiger charge is -2.12. The minimum absolute atomic E-state index is 0.0535. The van der Waals surface area contributed by atoms with Gasteiger partial charge >= 0.3 is 12.1 Å². The molecule has 0 saturated heterocycles. The number of aromatic nitrogens is 2. The van der Waals surface area contributed by atoms with Crippen LogP contribution in [0, 0.1) is 6.92 Å². The van der Waals surface area contributed by atoms with Gasteiger partial charge in [0, 0.05) is 11.1 Å². The van der Waals surface area contributed by atoms with E-state index in [9.17, 15) is 18.0 Å². The predicted octanol–water partition coefficient (Wildman–Crippen LogP) is 4.66. The molecule has 0 atom stereocenters. The third-order valence-corrected chi connectivity index (χ3v) is 3.88. The lowest BCUT2D eigenvalue weighted by atomic mass is 10.1. The molecule has 0 aliphatic heterocycles. The average molecular weight is 379 g/mol. The zero-order chi connectivity index (χ0) is 18.1. The van der Waals surface area contributed by atoms with Gasteiger partial charge in [-0.3, -0.25) is 0 Å². The number of alkyl halides is 3. The smallest absolute Gasteiger partial charge is 0.416 e. The van der Waals surface area contributed by atoms with Crippen molar-refractivity contribution in [2.24, 2.45) is 0 Å². The van der Waals surface area contributed by atoms with Crippen LogP contribution in [0.25, 0.3) is 6.08 Å². The highest BCUT2D eigenvalue weighted by Crippen LogP contribution is 2.32. The van der Waals surface area contributed by atoms with Gasteiger partial charge in [0.15, 0.2) is 5.15 Å². The third kappa shape index (κ3) is 4.10. The summed E-state index contributed by atoms with van der Waals surface area (Å²) in [5.74, 6) is -0.690. The number of carboxylic acids is 1. The average Bonchev–Trinajstić information content (AvgIpc) is 2.71. The van der Waals surface area contributed by atoms with Crippen molar-refractivity contribution in [2.75, 3.05) is 0 Å². The number of nitrogens with zero attached hydrogens (tertiary/aromatic N) is 2. The number of halogens is 5. The molecule has 1 heterocycles. The molecule has 9 heteroatoms. The number of carboxylic acid groups (broad SMARTS) is 1. The molecular weight excluding hydrogens is 368 g/mol. The van der Waals surface area contributed by atoms with Gasteiger partial charge in [0.1, 0.15) is 5.82 Å². The number of aliphatic carboxylic acids is 1. The van der Waals surface area contributed by atoms with Gasteiger partial charge in [0.05, 0.1) is 17.8 Å². The Labute approximate surface area is 145 Å². The molecule has 2 rings (SSSR count). The van der Waals surface area contributed by atoms with Gasteiger partial charge in [-0.2, -0.15) is 13.2 Å². The second-order valence-corrected chi connectivity index (χ2v) is 5.66. The van der Waals surface area contributed by atoms with Gasteiger partial charge in [-0.15, -0.1) is 0 Å². The van der Waals surface area contributed by atoms with Crippen LogP contribution in [-0.4, -0.2) is 20.6 Å². The number of hydrogen-bond donors (Lipinski definition) is 1. The highest BCUT2D eigenvalue weighted by Gasteiger charge is 2.30. The molecule has 2 aromatic rings. The number of carbonyl (C=O) groups is 1. The Hall–Kier alpha value is -1.99. The van der Waals surface area contributed by atoms with E-state index in [0.29, 0.717) is 17.1 Å². The van der Waals surface area contributed by atoms with Crippen LogP contribution in [0.4, 0.5) is 13.2 Å². The van der Waals surface area contributed by atoms with E-state index in [1.807, 2.05) is 0 Å². The van der Waals surface area contributed by atoms with Crippen molar-refractivity contribution in [3.63, 3.8) is 0 Å². The highest BCUT2D eigenvalue weighted by atomic mass is 35.5. The van der Waals surface area contributed by atoms with Crippen molar-refractivity contribution in [3.8, 4) is 0 Å². The zero-order valence-electron chi connectivity index (χ0n) is 12.2. The van der Waals surface area contributed by atoms with Crippen molar-refractivity contribution in [1.29, 1.82) is 0 Å². The molecule has 1 aromatic heterocycles. The maximum atomic E-state index is 12.7. The first-order valence-electron chi connectivity index (χ1n) is 6.59. The van der Waals surface area contributed by atoms with Crippen LogP contribution in [0.1, 0.15) is 22.6 Å². The van der Waals surface area contributed by atoms with Gasteiger partial charge < -0.3 is 9.67 Å². The first-order valence-corrected chi connectivity index (χ1v) is 7.34. The molecule has 0 aliphatic carbocycles. The van der Waals surface area contributed by atoms with Crippen LogP contribution in [0.2, 0.25) is 10.2 Å². The molecule has 0 fully saturated rings. The second-order valence-electron chi connectivity index (χ2n) is 4.90. The summed E-state index contributed by atoms with van der Waals surface area (Å²) in [4.78, 5) is 14.7. The molecule has 1 aromatic carbocycles. The number of aryl methyl sites for hydroxylation is 1. The Morgan fingerprint density at radius 1 is 1.38 bits per heavy atom. The number of hydrogen-bond acceptors (Lipinski definition) is 2. The van der Waals surface area contributed by atoms with E-state index < -0.39 is 17.7 Å². The van der Waals surface area contributed by atoms with E-state index in [0.717, 1.165) is 18.2 Å². The topological polar surface area (TPSA) is 55.1 Å². The monoisotopic (exact) mass is 378 g/mol. The molecule has 0 spiro atoms. The third-order valence-electron chi connectivity index (χ3n) is 3.25. The van der Waals surface area contributed by atoms with Gasteiger partial charge in [-0.25, -0.2) is 9.78 Å². The van der Waals surface area contributed by atoms with Crippen LogP contribution < -0.4 is 0 Å². The minimum atomic E-state index is -4.48. The highest BCUT2D eigenvalue weighted by molar-refractivity contribution is 6.31. The fraction of sp³-hybridized carbons (Fsp3) is 0.200. The van der Waals surface area contributed by atoms with E-state index in [1.54, 1.807) is 11.5 Å². The Morgan fingerprint density at radius 2 is 2.04 bits per heavy atom. The lowest BCUT2D eigenvalue weighted by molar-refractivity contribution is -0.137. The summed E-state index contributed by atoms with van der Waals surface area (Å²) in [6.45, 7) is 1.74. The van der Waals surface area contributed by atoms with Crippen LogP contribution >= 0.6 is 23.2 Å². The molecule has 0 aliphatic rings. The normalized spacial score (nSPS) is 12.1. The van der Waals surface area contributed by atoms with Gasteiger partial charge in [0.25, 0.3) is 0 Å². The molecule has 1 N–H and O–H groups in total. The van der Waals surface area contributed by atoms with Crippen LogP contribution in [0.3, 0.4) is 0 Å². The summed E-state index contributed by atoms with van der Waals surface area (Å²) in [6, 6.07) is 3.04. The Morgan fingerprint density at radius 3 is 2.58 bits per heavy atom. The molecule has 0 radical (unpaired) electrons. The number of imidazole rings is 1. The van der Waals surface area contributed by atoms with Crippen molar-refractivity contribution >= 4 is 35.2 Å². The Balaban J connectivity index is 2.40. The summed E-state index contributed by atoms with van der Waals surface area (Å²) in [5.41, 5.74) is -0.0954. The number of rotatable bonds is 4. The molecule has 4 nitrogen and oxygen atoms in total. The zero-order valence-corrected chi connectivity index (χ0v) is 13.7. The van der Waals surface area contributed by atoms with Crippen molar-refractivity contribution in [3.05, 3.63) is 57.1 Å². The minimum Gasteiger partial charge on any atom is -0.478 e. The SMILES string of the molecule is Cc1nc(Cl)c(C=CC(=O)O)n1Cc1ccc(C(F)(F)F)cc1Cl. The van der Waals surface area contributed by atoms with E-state index in [2.05, 4.69) is 4.98 Å². The molecule has 0 amide bonds. The molecule has 128 valence electrons. The van der Waals surface area contributed by atoms with E-state index in [1.165, 1.54) is 12.1 Å². The molecule has 0 saturated carbocycles. The van der Waals surface area contributed by atoms with Crippen molar-refractivity contribution < 1.29 is 23.1 Å². The molecular formula is C15H11Cl2F3N2O2. The summed E-state index contributed by atoms with van der Waals surface area (Å²) >= 11 is 11.9. The molecule has 0 bridgehead atoms. The summed E-state index contributed by atoms with van der Waals surface area (Å²) < 4.78 is 39.6. The van der Waals surface area contributed by atoms with Gasteiger partial charge in [-0.1, -0.05) is 29.3 Å². The summed E-state index contributed by atoms with van der Waals surface area (Å²) in [6.07, 6.45) is -2.32. The van der Waals surface area contributed by atoms with E-state index >= 15 is 0 Å².